The van der Waals surface area contributed by atoms with Crippen molar-refractivity contribution < 1.29 is 17.7 Å². The van der Waals surface area contributed by atoms with Crippen molar-refractivity contribution in [2.24, 2.45) is 0 Å². The number of aryl methyl sites for hydroxylation is 2. The van der Waals surface area contributed by atoms with E-state index >= 15 is 0 Å². The topological polar surface area (TPSA) is 92.5 Å². The lowest BCUT2D eigenvalue weighted by molar-refractivity contribution is -0.114. The Kier molecular flexibility index (Phi) is 5.90. The molecule has 9 heteroatoms. The molecule has 1 aromatic carbocycles. The molecular formula is C20H21N3O4S2. The molecular weight excluding hydrogens is 410 g/mol. The summed E-state index contributed by atoms with van der Waals surface area (Å²) in [5.41, 5.74) is 2.72. The normalized spacial score (nSPS) is 11.7. The molecule has 0 aliphatic heterocycles. The molecule has 0 aliphatic carbocycles. The summed E-state index contributed by atoms with van der Waals surface area (Å²) in [4.78, 5) is 12.1. The number of sulfonamides is 1. The van der Waals surface area contributed by atoms with Crippen molar-refractivity contribution in [2.45, 2.75) is 25.0 Å². The summed E-state index contributed by atoms with van der Waals surface area (Å²) in [5, 5.41) is 6.53. The first-order valence-electron chi connectivity index (χ1n) is 8.76. The van der Waals surface area contributed by atoms with Gasteiger partial charge in [0, 0.05) is 18.8 Å². The zero-order valence-corrected chi connectivity index (χ0v) is 18.1. The van der Waals surface area contributed by atoms with Crippen LogP contribution in [0.2, 0.25) is 0 Å². The Bertz CT molecular complexity index is 1160. The van der Waals surface area contributed by atoms with Crippen LogP contribution in [0.4, 0.5) is 11.4 Å². The fourth-order valence-corrected chi connectivity index (χ4v) is 5.17. The number of nitrogens with one attached hydrogen (secondary N) is 1. The van der Waals surface area contributed by atoms with Crippen molar-refractivity contribution in [3.8, 4) is 0 Å². The maximum Gasteiger partial charge on any atom is 0.273 e. The van der Waals surface area contributed by atoms with Gasteiger partial charge in [-0.3, -0.25) is 9.10 Å². The third-order valence-corrected chi connectivity index (χ3v) is 7.51. The van der Waals surface area contributed by atoms with Gasteiger partial charge in [-0.2, -0.15) is 0 Å². The SMILES string of the molecule is CC(=O)Nc1c(C)noc1C=Cc1ccc(S(=O)(=O)N(C)c2ccc(C)cc2)s1. The molecule has 3 rings (SSSR count). The van der Waals surface area contributed by atoms with E-state index in [1.165, 1.54) is 18.3 Å². The van der Waals surface area contributed by atoms with Crippen molar-refractivity contribution in [3.63, 3.8) is 0 Å². The van der Waals surface area contributed by atoms with E-state index < -0.39 is 10.0 Å². The van der Waals surface area contributed by atoms with E-state index in [4.69, 9.17) is 4.52 Å². The van der Waals surface area contributed by atoms with Crippen LogP contribution in [0, 0.1) is 13.8 Å². The van der Waals surface area contributed by atoms with Crippen LogP contribution in [-0.4, -0.2) is 26.5 Å². The highest BCUT2D eigenvalue weighted by atomic mass is 32.2. The first-order chi connectivity index (χ1) is 13.7. The Balaban J connectivity index is 1.83. The molecule has 3 aromatic rings. The molecule has 1 amide bonds. The average molecular weight is 432 g/mol. The van der Waals surface area contributed by atoms with Gasteiger partial charge < -0.3 is 9.84 Å². The standard InChI is InChI=1S/C20H21N3O4S2/c1-13-5-7-16(8-6-13)23(4)29(25,26)19-12-10-17(28-19)9-11-18-20(21-15(3)24)14(2)22-27-18/h5-12H,1-4H3,(H,21,24). The van der Waals surface area contributed by atoms with E-state index in [2.05, 4.69) is 10.5 Å². The molecule has 0 fully saturated rings. The average Bonchev–Trinajstić information content (AvgIpc) is 3.28. The molecule has 0 atom stereocenters. The summed E-state index contributed by atoms with van der Waals surface area (Å²) in [6.07, 6.45) is 3.37. The Morgan fingerprint density at radius 1 is 1.14 bits per heavy atom. The second-order valence-electron chi connectivity index (χ2n) is 6.49. The minimum atomic E-state index is -3.66. The number of rotatable bonds is 6. The minimum Gasteiger partial charge on any atom is -0.354 e. The second-order valence-corrected chi connectivity index (χ2v) is 9.80. The van der Waals surface area contributed by atoms with Crippen LogP contribution in [0.1, 0.15) is 28.8 Å². The molecule has 152 valence electrons. The molecule has 0 spiro atoms. The number of benzene rings is 1. The first-order valence-corrected chi connectivity index (χ1v) is 11.0. The Morgan fingerprint density at radius 3 is 2.48 bits per heavy atom. The van der Waals surface area contributed by atoms with Crippen LogP contribution in [0.15, 0.2) is 45.1 Å². The van der Waals surface area contributed by atoms with Gasteiger partial charge in [0.05, 0.1) is 5.69 Å². The van der Waals surface area contributed by atoms with Crippen LogP contribution < -0.4 is 9.62 Å². The highest BCUT2D eigenvalue weighted by molar-refractivity contribution is 7.94. The number of hydrogen-bond acceptors (Lipinski definition) is 6. The highest BCUT2D eigenvalue weighted by Gasteiger charge is 2.23. The van der Waals surface area contributed by atoms with E-state index in [0.717, 1.165) is 21.8 Å². The maximum absolute atomic E-state index is 12.9. The molecule has 0 radical (unpaired) electrons. The summed E-state index contributed by atoms with van der Waals surface area (Å²) < 4.78 is 32.6. The van der Waals surface area contributed by atoms with Gasteiger partial charge in [0.1, 0.15) is 15.6 Å². The number of nitrogens with zero attached hydrogens (tertiary/aromatic N) is 2. The quantitative estimate of drug-likeness (QED) is 0.628. The van der Waals surface area contributed by atoms with Gasteiger partial charge in [-0.05, 0) is 50.3 Å². The van der Waals surface area contributed by atoms with Gasteiger partial charge in [0.15, 0.2) is 5.76 Å². The fourth-order valence-electron chi connectivity index (χ4n) is 2.58. The molecule has 7 nitrogen and oxygen atoms in total. The largest absolute Gasteiger partial charge is 0.354 e. The van der Waals surface area contributed by atoms with Gasteiger partial charge in [-0.25, -0.2) is 8.42 Å². The van der Waals surface area contributed by atoms with E-state index in [0.29, 0.717) is 22.8 Å². The number of hydrogen-bond donors (Lipinski definition) is 1. The lowest BCUT2D eigenvalue weighted by Crippen LogP contribution is -2.25. The fraction of sp³-hybridized carbons (Fsp3) is 0.200. The summed E-state index contributed by atoms with van der Waals surface area (Å²) in [5.74, 6) is 0.168. The highest BCUT2D eigenvalue weighted by Crippen LogP contribution is 2.29. The zero-order chi connectivity index (χ0) is 21.2. The molecule has 0 unspecified atom stereocenters. The third-order valence-electron chi connectivity index (χ3n) is 4.20. The van der Waals surface area contributed by atoms with Crippen molar-refractivity contribution in [2.75, 3.05) is 16.7 Å². The molecule has 2 aromatic heterocycles. The Morgan fingerprint density at radius 2 is 1.83 bits per heavy atom. The van der Waals surface area contributed by atoms with E-state index in [9.17, 15) is 13.2 Å². The van der Waals surface area contributed by atoms with Crippen LogP contribution in [0.25, 0.3) is 12.2 Å². The number of carbonyl (C=O) groups is 1. The van der Waals surface area contributed by atoms with Crippen LogP contribution in [0.3, 0.4) is 0 Å². The van der Waals surface area contributed by atoms with Gasteiger partial charge in [0.2, 0.25) is 5.91 Å². The number of thiophene rings is 1. The van der Waals surface area contributed by atoms with Crippen molar-refractivity contribution in [3.05, 3.63) is 58.3 Å². The van der Waals surface area contributed by atoms with E-state index in [1.807, 2.05) is 19.1 Å². The van der Waals surface area contributed by atoms with Crippen LogP contribution in [-0.2, 0) is 14.8 Å². The van der Waals surface area contributed by atoms with Crippen LogP contribution >= 0.6 is 11.3 Å². The van der Waals surface area contributed by atoms with Crippen molar-refractivity contribution >= 4 is 50.8 Å². The van der Waals surface area contributed by atoms with Gasteiger partial charge in [-0.1, -0.05) is 22.9 Å². The molecule has 1 N–H and O–H groups in total. The lowest BCUT2D eigenvalue weighted by atomic mass is 10.2. The molecule has 0 saturated heterocycles. The minimum absolute atomic E-state index is 0.227. The molecule has 2 heterocycles. The first kappa shape index (κ1) is 20.8. The Hall–Kier alpha value is -2.91. The summed E-state index contributed by atoms with van der Waals surface area (Å²) in [7, 11) is -2.13. The van der Waals surface area contributed by atoms with E-state index in [-0.39, 0.29) is 10.1 Å². The summed E-state index contributed by atoms with van der Waals surface area (Å²) >= 11 is 1.15. The van der Waals surface area contributed by atoms with Crippen molar-refractivity contribution in [1.29, 1.82) is 0 Å². The number of anilines is 2. The number of aromatic nitrogens is 1. The predicted octanol–water partition coefficient (Wildman–Crippen LogP) is 4.31. The maximum atomic E-state index is 12.9. The predicted molar refractivity (Wildman–Crippen MR) is 116 cm³/mol. The number of amides is 1. The van der Waals surface area contributed by atoms with Gasteiger partial charge in [0.25, 0.3) is 10.0 Å². The second kappa shape index (κ2) is 8.22. The van der Waals surface area contributed by atoms with Gasteiger partial charge >= 0.3 is 0 Å². The summed E-state index contributed by atoms with van der Waals surface area (Å²) in [6.45, 7) is 5.08. The smallest absolute Gasteiger partial charge is 0.273 e. The molecule has 0 aliphatic rings. The number of carbonyl (C=O) groups excluding carboxylic acids is 1. The third kappa shape index (κ3) is 4.57. The Labute approximate surface area is 173 Å². The van der Waals surface area contributed by atoms with Crippen LogP contribution in [0.5, 0.6) is 0 Å². The van der Waals surface area contributed by atoms with E-state index in [1.54, 1.807) is 43.3 Å². The van der Waals surface area contributed by atoms with Crippen molar-refractivity contribution in [1.82, 2.24) is 5.16 Å². The monoisotopic (exact) mass is 431 g/mol. The summed E-state index contributed by atoms with van der Waals surface area (Å²) in [6, 6.07) is 10.6. The zero-order valence-electron chi connectivity index (χ0n) is 16.5. The van der Waals surface area contributed by atoms with Gasteiger partial charge in [-0.15, -0.1) is 11.3 Å². The lowest BCUT2D eigenvalue weighted by Gasteiger charge is -2.18. The molecule has 0 bridgehead atoms. The molecule has 29 heavy (non-hydrogen) atoms. The molecule has 0 saturated carbocycles.